The van der Waals surface area contributed by atoms with Gasteiger partial charge in [0.15, 0.2) is 5.17 Å². The van der Waals surface area contributed by atoms with E-state index in [2.05, 4.69) is 4.99 Å². The molecule has 1 aliphatic rings. The standard InChI is InChI=1S/C19H17ClN2O2S/c1-3-22-18(24)17(11-13-5-7-14(20)8-6-13)25-19(22)21-15-9-4-12(2)10-16(15)23/h4-11,23H,3H2,1-2H3/b17-11-,21-19?. The van der Waals surface area contributed by atoms with Gasteiger partial charge in [-0.3, -0.25) is 9.69 Å². The molecule has 1 N–H and O–H groups in total. The Hall–Kier alpha value is -2.24. The van der Waals surface area contributed by atoms with Crippen LogP contribution < -0.4 is 0 Å². The highest BCUT2D eigenvalue weighted by atomic mass is 35.5. The number of likely N-dealkylation sites (N-methyl/N-ethyl adjacent to an activating group) is 1. The van der Waals surface area contributed by atoms with Crippen molar-refractivity contribution in [1.29, 1.82) is 0 Å². The Morgan fingerprint density at radius 1 is 1.24 bits per heavy atom. The van der Waals surface area contributed by atoms with Gasteiger partial charge in [-0.2, -0.15) is 0 Å². The van der Waals surface area contributed by atoms with Gasteiger partial charge in [-0.05, 0) is 67.1 Å². The summed E-state index contributed by atoms with van der Waals surface area (Å²) in [5.41, 5.74) is 2.30. The third kappa shape index (κ3) is 3.89. The maximum Gasteiger partial charge on any atom is 0.266 e. The number of hydrogen-bond donors (Lipinski definition) is 1. The van der Waals surface area contributed by atoms with Crippen LogP contribution in [0.4, 0.5) is 5.69 Å². The predicted molar refractivity (Wildman–Crippen MR) is 104 cm³/mol. The molecule has 0 unspecified atom stereocenters. The molecule has 0 radical (unpaired) electrons. The molecule has 1 saturated heterocycles. The Balaban J connectivity index is 1.94. The Kier molecular flexibility index (Phi) is 5.16. The Morgan fingerprint density at radius 2 is 1.96 bits per heavy atom. The van der Waals surface area contributed by atoms with Gasteiger partial charge >= 0.3 is 0 Å². The van der Waals surface area contributed by atoms with Gasteiger partial charge in [0.2, 0.25) is 0 Å². The second-order valence-electron chi connectivity index (χ2n) is 5.60. The van der Waals surface area contributed by atoms with Crippen LogP contribution in [-0.4, -0.2) is 27.6 Å². The summed E-state index contributed by atoms with van der Waals surface area (Å²) in [6, 6.07) is 12.6. The number of nitrogens with zero attached hydrogens (tertiary/aromatic N) is 2. The zero-order valence-electron chi connectivity index (χ0n) is 13.9. The molecule has 25 heavy (non-hydrogen) atoms. The Morgan fingerprint density at radius 3 is 2.60 bits per heavy atom. The Labute approximate surface area is 155 Å². The van der Waals surface area contributed by atoms with Crippen LogP contribution in [0.3, 0.4) is 0 Å². The summed E-state index contributed by atoms with van der Waals surface area (Å²) in [5.74, 6) is 0.0135. The highest BCUT2D eigenvalue weighted by Crippen LogP contribution is 2.36. The van der Waals surface area contributed by atoms with Gasteiger partial charge in [-0.25, -0.2) is 4.99 Å². The average Bonchev–Trinajstić information content (AvgIpc) is 2.87. The number of carbonyl (C=O) groups excluding carboxylic acids is 1. The molecule has 0 saturated carbocycles. The van der Waals surface area contributed by atoms with Crippen LogP contribution in [0.25, 0.3) is 6.08 Å². The number of aryl methyl sites for hydroxylation is 1. The molecule has 128 valence electrons. The molecule has 0 bridgehead atoms. The lowest BCUT2D eigenvalue weighted by Crippen LogP contribution is -2.28. The van der Waals surface area contributed by atoms with Crippen molar-refractivity contribution in [2.24, 2.45) is 4.99 Å². The number of amides is 1. The fraction of sp³-hybridized carbons (Fsp3) is 0.158. The van der Waals surface area contributed by atoms with E-state index >= 15 is 0 Å². The zero-order valence-corrected chi connectivity index (χ0v) is 15.4. The van der Waals surface area contributed by atoms with Crippen LogP contribution in [0.15, 0.2) is 52.4 Å². The van der Waals surface area contributed by atoms with E-state index in [-0.39, 0.29) is 11.7 Å². The number of phenolic OH excluding ortho intramolecular Hbond substituents is 1. The van der Waals surface area contributed by atoms with Crippen LogP contribution in [-0.2, 0) is 4.79 Å². The molecule has 0 aromatic heterocycles. The van der Waals surface area contributed by atoms with Crippen molar-refractivity contribution in [1.82, 2.24) is 4.90 Å². The second-order valence-corrected chi connectivity index (χ2v) is 7.04. The normalized spacial score (nSPS) is 17.7. The van der Waals surface area contributed by atoms with E-state index in [0.29, 0.717) is 27.3 Å². The summed E-state index contributed by atoms with van der Waals surface area (Å²) >= 11 is 7.20. The van der Waals surface area contributed by atoms with Crippen molar-refractivity contribution < 1.29 is 9.90 Å². The first-order valence-corrected chi connectivity index (χ1v) is 9.02. The van der Waals surface area contributed by atoms with Crippen LogP contribution in [0, 0.1) is 6.92 Å². The third-order valence-corrected chi connectivity index (χ3v) is 4.98. The molecule has 3 rings (SSSR count). The van der Waals surface area contributed by atoms with Gasteiger partial charge in [0, 0.05) is 11.6 Å². The van der Waals surface area contributed by atoms with Gasteiger partial charge in [-0.1, -0.05) is 29.8 Å². The highest BCUT2D eigenvalue weighted by Gasteiger charge is 2.32. The lowest BCUT2D eigenvalue weighted by molar-refractivity contribution is -0.122. The molecule has 1 fully saturated rings. The summed E-state index contributed by atoms with van der Waals surface area (Å²) in [4.78, 5) is 19.3. The predicted octanol–water partition coefficient (Wildman–Crippen LogP) is 4.98. The summed E-state index contributed by atoms with van der Waals surface area (Å²) < 4.78 is 0. The van der Waals surface area contributed by atoms with Crippen LogP contribution in [0.5, 0.6) is 5.75 Å². The molecule has 2 aromatic rings. The van der Waals surface area contributed by atoms with Crippen molar-refractivity contribution in [2.75, 3.05) is 6.54 Å². The van der Waals surface area contributed by atoms with Crippen molar-refractivity contribution in [3.63, 3.8) is 0 Å². The number of halogens is 1. The number of rotatable bonds is 3. The SMILES string of the molecule is CCN1C(=O)/C(=C/c2ccc(Cl)cc2)SC1=Nc1ccc(C)cc1O. The number of aliphatic imine (C=N–C) groups is 1. The zero-order chi connectivity index (χ0) is 18.0. The van der Waals surface area contributed by atoms with Crippen molar-refractivity contribution in [3.8, 4) is 5.75 Å². The number of phenols is 1. The molecule has 4 nitrogen and oxygen atoms in total. The monoisotopic (exact) mass is 372 g/mol. The molecule has 0 aliphatic carbocycles. The second kappa shape index (κ2) is 7.33. The molecule has 1 aliphatic heterocycles. The summed E-state index contributed by atoms with van der Waals surface area (Å²) in [5, 5.41) is 11.3. The van der Waals surface area contributed by atoms with E-state index in [1.807, 2.05) is 38.1 Å². The van der Waals surface area contributed by atoms with Crippen molar-refractivity contribution in [2.45, 2.75) is 13.8 Å². The summed E-state index contributed by atoms with van der Waals surface area (Å²) in [6.45, 7) is 4.30. The average molecular weight is 373 g/mol. The van der Waals surface area contributed by atoms with Gasteiger partial charge in [0.25, 0.3) is 5.91 Å². The molecular weight excluding hydrogens is 356 g/mol. The first kappa shape index (κ1) is 17.6. The first-order chi connectivity index (χ1) is 12.0. The van der Waals surface area contributed by atoms with E-state index in [9.17, 15) is 9.90 Å². The maximum absolute atomic E-state index is 12.6. The number of thioether (sulfide) groups is 1. The molecule has 0 atom stereocenters. The van der Waals surface area contributed by atoms with Crippen LogP contribution >= 0.6 is 23.4 Å². The van der Waals surface area contributed by atoms with Crippen molar-refractivity contribution in [3.05, 3.63) is 63.5 Å². The smallest absolute Gasteiger partial charge is 0.266 e. The van der Waals surface area contributed by atoms with E-state index < -0.39 is 0 Å². The maximum atomic E-state index is 12.6. The molecule has 2 aromatic carbocycles. The highest BCUT2D eigenvalue weighted by molar-refractivity contribution is 8.18. The van der Waals surface area contributed by atoms with E-state index in [0.717, 1.165) is 11.1 Å². The Bertz CT molecular complexity index is 875. The minimum absolute atomic E-state index is 0.0900. The van der Waals surface area contributed by atoms with Crippen molar-refractivity contribution >= 4 is 46.2 Å². The molecular formula is C19H17ClN2O2S. The fourth-order valence-electron chi connectivity index (χ4n) is 2.41. The molecule has 1 heterocycles. The van der Waals surface area contributed by atoms with E-state index in [1.165, 1.54) is 11.8 Å². The minimum Gasteiger partial charge on any atom is -0.506 e. The quantitative estimate of drug-likeness (QED) is 0.773. The van der Waals surface area contributed by atoms with Gasteiger partial charge in [0.1, 0.15) is 11.4 Å². The van der Waals surface area contributed by atoms with E-state index in [1.54, 1.807) is 29.2 Å². The number of aromatic hydroxyl groups is 1. The third-order valence-electron chi connectivity index (χ3n) is 3.72. The number of hydrogen-bond acceptors (Lipinski definition) is 4. The fourth-order valence-corrected chi connectivity index (χ4v) is 3.59. The first-order valence-electron chi connectivity index (χ1n) is 7.83. The largest absolute Gasteiger partial charge is 0.506 e. The summed E-state index contributed by atoms with van der Waals surface area (Å²) in [7, 11) is 0. The van der Waals surface area contributed by atoms with Crippen LogP contribution in [0.1, 0.15) is 18.1 Å². The topological polar surface area (TPSA) is 52.9 Å². The van der Waals surface area contributed by atoms with Gasteiger partial charge in [-0.15, -0.1) is 0 Å². The summed E-state index contributed by atoms with van der Waals surface area (Å²) in [6.07, 6.45) is 1.82. The molecule has 0 spiro atoms. The van der Waals surface area contributed by atoms with Crippen LogP contribution in [0.2, 0.25) is 5.02 Å². The number of amidine groups is 1. The van der Waals surface area contributed by atoms with E-state index in [4.69, 9.17) is 11.6 Å². The number of benzene rings is 2. The molecule has 1 amide bonds. The number of carbonyl (C=O) groups is 1. The lowest BCUT2D eigenvalue weighted by Gasteiger charge is -2.12. The van der Waals surface area contributed by atoms with Gasteiger partial charge < -0.3 is 5.11 Å². The minimum atomic E-state index is -0.0900. The lowest BCUT2D eigenvalue weighted by atomic mass is 10.2. The molecule has 6 heteroatoms. The van der Waals surface area contributed by atoms with Gasteiger partial charge in [0.05, 0.1) is 4.91 Å².